The predicted octanol–water partition coefficient (Wildman–Crippen LogP) is 3.13. The lowest BCUT2D eigenvalue weighted by Gasteiger charge is -2.36. The third kappa shape index (κ3) is 3.33. The first-order valence-electron chi connectivity index (χ1n) is 8.72. The van der Waals surface area contributed by atoms with Gasteiger partial charge in [-0.3, -0.25) is 9.78 Å². The smallest absolute Gasteiger partial charge is 0.227 e. The van der Waals surface area contributed by atoms with E-state index >= 15 is 0 Å². The zero-order valence-electron chi connectivity index (χ0n) is 14.1. The molecule has 4 heteroatoms. The summed E-state index contributed by atoms with van der Waals surface area (Å²) in [6.07, 6.45) is 2.20. The van der Waals surface area contributed by atoms with Crippen LogP contribution in [0, 0.1) is 0 Å². The zero-order chi connectivity index (χ0) is 17.1. The van der Waals surface area contributed by atoms with Gasteiger partial charge in [0.2, 0.25) is 5.91 Å². The number of benzene rings is 2. The number of nitrogens with zero attached hydrogens (tertiary/aromatic N) is 3. The summed E-state index contributed by atoms with van der Waals surface area (Å²) in [5.74, 6) is 0.186. The van der Waals surface area contributed by atoms with E-state index < -0.39 is 0 Å². The van der Waals surface area contributed by atoms with Crippen LogP contribution >= 0.6 is 0 Å². The number of hydrogen-bond donors (Lipinski definition) is 0. The van der Waals surface area contributed by atoms with Gasteiger partial charge in [0.1, 0.15) is 0 Å². The molecule has 25 heavy (non-hydrogen) atoms. The van der Waals surface area contributed by atoms with Crippen LogP contribution < -0.4 is 4.90 Å². The molecule has 0 N–H and O–H groups in total. The Morgan fingerprint density at radius 3 is 2.44 bits per heavy atom. The van der Waals surface area contributed by atoms with E-state index in [-0.39, 0.29) is 5.91 Å². The molecule has 1 aliphatic heterocycles. The second-order valence-corrected chi connectivity index (χ2v) is 6.37. The van der Waals surface area contributed by atoms with Crippen molar-refractivity contribution in [1.29, 1.82) is 0 Å². The van der Waals surface area contributed by atoms with Gasteiger partial charge in [-0.2, -0.15) is 0 Å². The Morgan fingerprint density at radius 1 is 0.880 bits per heavy atom. The number of pyridine rings is 1. The average molecular weight is 331 g/mol. The van der Waals surface area contributed by atoms with Crippen molar-refractivity contribution < 1.29 is 4.79 Å². The summed E-state index contributed by atoms with van der Waals surface area (Å²) in [5, 5.41) is 1.08. The van der Waals surface area contributed by atoms with Crippen molar-refractivity contribution in [3.63, 3.8) is 0 Å². The van der Waals surface area contributed by atoms with Gasteiger partial charge in [-0.1, -0.05) is 42.5 Å². The number of amides is 1. The number of hydrogen-bond acceptors (Lipinski definition) is 3. The van der Waals surface area contributed by atoms with Crippen LogP contribution in [0.25, 0.3) is 10.9 Å². The van der Waals surface area contributed by atoms with Gasteiger partial charge in [0, 0.05) is 43.4 Å². The minimum Gasteiger partial charge on any atom is -0.368 e. The molecule has 4 rings (SSSR count). The first kappa shape index (κ1) is 15.6. The van der Waals surface area contributed by atoms with Crippen molar-refractivity contribution in [2.75, 3.05) is 31.1 Å². The molecule has 0 aliphatic carbocycles. The second-order valence-electron chi connectivity index (χ2n) is 6.37. The lowest BCUT2D eigenvalue weighted by atomic mass is 10.1. The summed E-state index contributed by atoms with van der Waals surface area (Å²) >= 11 is 0. The zero-order valence-corrected chi connectivity index (χ0v) is 14.1. The van der Waals surface area contributed by atoms with E-state index in [1.807, 2.05) is 41.3 Å². The van der Waals surface area contributed by atoms with Crippen LogP contribution in [-0.4, -0.2) is 42.0 Å². The molecular weight excluding hydrogens is 310 g/mol. The molecule has 0 unspecified atom stereocenters. The SMILES string of the molecule is O=C(Cc1cccc2cccnc12)N1CCN(c2ccccc2)CC1. The van der Waals surface area contributed by atoms with Gasteiger partial charge in [0.05, 0.1) is 11.9 Å². The molecule has 1 amide bonds. The fourth-order valence-corrected chi connectivity index (χ4v) is 3.44. The Morgan fingerprint density at radius 2 is 1.64 bits per heavy atom. The molecule has 1 aromatic heterocycles. The summed E-state index contributed by atoms with van der Waals surface area (Å²) in [6.45, 7) is 3.30. The maximum Gasteiger partial charge on any atom is 0.227 e. The fraction of sp³-hybridized carbons (Fsp3) is 0.238. The molecular formula is C21H21N3O. The summed E-state index contributed by atoms with van der Waals surface area (Å²) in [5.41, 5.74) is 3.17. The second kappa shape index (κ2) is 6.93. The highest BCUT2D eigenvalue weighted by Crippen LogP contribution is 2.19. The Bertz CT molecular complexity index is 865. The highest BCUT2D eigenvalue weighted by atomic mass is 16.2. The quantitative estimate of drug-likeness (QED) is 0.740. The van der Waals surface area contributed by atoms with Gasteiger partial charge in [0.25, 0.3) is 0 Å². The molecule has 0 radical (unpaired) electrons. The maximum atomic E-state index is 12.7. The van der Waals surface area contributed by atoms with Crippen molar-refractivity contribution in [2.45, 2.75) is 6.42 Å². The number of piperazine rings is 1. The van der Waals surface area contributed by atoms with Gasteiger partial charge in [-0.25, -0.2) is 0 Å². The Hall–Kier alpha value is -2.88. The van der Waals surface area contributed by atoms with E-state index in [2.05, 4.69) is 34.1 Å². The van der Waals surface area contributed by atoms with Crippen LogP contribution in [0.4, 0.5) is 5.69 Å². The van der Waals surface area contributed by atoms with Crippen LogP contribution in [0.3, 0.4) is 0 Å². The van der Waals surface area contributed by atoms with Crippen LogP contribution in [0.2, 0.25) is 0 Å². The lowest BCUT2D eigenvalue weighted by molar-refractivity contribution is -0.130. The van der Waals surface area contributed by atoms with Crippen molar-refractivity contribution in [1.82, 2.24) is 9.88 Å². The average Bonchev–Trinajstić information content (AvgIpc) is 2.69. The van der Waals surface area contributed by atoms with E-state index in [1.54, 1.807) is 6.20 Å². The number of carbonyl (C=O) groups excluding carboxylic acids is 1. The van der Waals surface area contributed by atoms with Gasteiger partial charge < -0.3 is 9.80 Å². The van der Waals surface area contributed by atoms with E-state index in [0.717, 1.165) is 42.6 Å². The van der Waals surface area contributed by atoms with E-state index in [1.165, 1.54) is 5.69 Å². The van der Waals surface area contributed by atoms with Crippen LogP contribution in [0.5, 0.6) is 0 Å². The first-order valence-corrected chi connectivity index (χ1v) is 8.72. The largest absolute Gasteiger partial charge is 0.368 e. The van der Waals surface area contributed by atoms with Gasteiger partial charge in [0.15, 0.2) is 0 Å². The third-order valence-electron chi connectivity index (χ3n) is 4.81. The number of aromatic nitrogens is 1. The number of fused-ring (bicyclic) bond motifs is 1. The Kier molecular flexibility index (Phi) is 4.34. The molecule has 0 atom stereocenters. The van der Waals surface area contributed by atoms with E-state index in [9.17, 15) is 4.79 Å². The molecule has 2 aromatic carbocycles. The van der Waals surface area contributed by atoms with Crippen molar-refractivity contribution in [3.05, 3.63) is 72.4 Å². The summed E-state index contributed by atoms with van der Waals surface area (Å²) < 4.78 is 0. The standard InChI is InChI=1S/C21H21N3O/c25-20(16-18-7-4-6-17-8-5-11-22-21(17)18)24-14-12-23(13-15-24)19-9-2-1-3-10-19/h1-11H,12-16H2. The van der Waals surface area contributed by atoms with Crippen LogP contribution in [-0.2, 0) is 11.2 Å². The molecule has 0 bridgehead atoms. The first-order chi connectivity index (χ1) is 12.3. The van der Waals surface area contributed by atoms with Crippen molar-refractivity contribution in [2.24, 2.45) is 0 Å². The topological polar surface area (TPSA) is 36.4 Å². The normalized spacial score (nSPS) is 14.7. The molecule has 2 heterocycles. The number of anilines is 1. The van der Waals surface area contributed by atoms with Crippen molar-refractivity contribution >= 4 is 22.5 Å². The maximum absolute atomic E-state index is 12.7. The number of rotatable bonds is 3. The van der Waals surface area contributed by atoms with E-state index in [0.29, 0.717) is 6.42 Å². The monoisotopic (exact) mass is 331 g/mol. The summed E-state index contributed by atoms with van der Waals surface area (Å²) in [4.78, 5) is 21.5. The molecule has 4 nitrogen and oxygen atoms in total. The highest BCUT2D eigenvalue weighted by Gasteiger charge is 2.21. The molecule has 1 saturated heterocycles. The molecule has 0 saturated carbocycles. The summed E-state index contributed by atoms with van der Waals surface area (Å²) in [6, 6.07) is 20.4. The van der Waals surface area contributed by atoms with Gasteiger partial charge >= 0.3 is 0 Å². The Labute approximate surface area is 147 Å². The van der Waals surface area contributed by atoms with Crippen LogP contribution in [0.1, 0.15) is 5.56 Å². The molecule has 3 aromatic rings. The summed E-state index contributed by atoms with van der Waals surface area (Å²) in [7, 11) is 0. The predicted molar refractivity (Wildman–Crippen MR) is 101 cm³/mol. The fourth-order valence-electron chi connectivity index (χ4n) is 3.44. The van der Waals surface area contributed by atoms with Gasteiger partial charge in [-0.15, -0.1) is 0 Å². The molecule has 126 valence electrons. The molecule has 0 spiro atoms. The van der Waals surface area contributed by atoms with Crippen molar-refractivity contribution in [3.8, 4) is 0 Å². The highest BCUT2D eigenvalue weighted by molar-refractivity contribution is 5.87. The Balaban J connectivity index is 1.42. The van der Waals surface area contributed by atoms with E-state index in [4.69, 9.17) is 0 Å². The lowest BCUT2D eigenvalue weighted by Crippen LogP contribution is -2.49. The molecule has 1 aliphatic rings. The number of carbonyl (C=O) groups is 1. The minimum absolute atomic E-state index is 0.186. The minimum atomic E-state index is 0.186. The molecule has 1 fully saturated rings. The van der Waals surface area contributed by atoms with Crippen LogP contribution in [0.15, 0.2) is 66.9 Å². The van der Waals surface area contributed by atoms with Gasteiger partial charge in [-0.05, 0) is 23.8 Å². The third-order valence-corrected chi connectivity index (χ3v) is 4.81. The number of para-hydroxylation sites is 2.